The van der Waals surface area contributed by atoms with Gasteiger partial charge in [-0.1, -0.05) is 18.2 Å². The number of nitrogens with one attached hydrogen (secondary N) is 1. The largest absolute Gasteiger partial charge is 0.491 e. The Hall–Kier alpha value is -3.81. The molecule has 2 aromatic carbocycles. The van der Waals surface area contributed by atoms with Crippen LogP contribution in [0.5, 0.6) is 5.75 Å². The Kier molecular flexibility index (Phi) is 6.25. The summed E-state index contributed by atoms with van der Waals surface area (Å²) in [5, 5.41) is 15.4. The van der Waals surface area contributed by atoms with Crippen molar-refractivity contribution < 1.29 is 14.5 Å². The number of para-hydroxylation sites is 1. The smallest absolute Gasteiger partial charge is 0.269 e. The molecule has 0 bridgehead atoms. The number of nitro groups is 1. The third kappa shape index (κ3) is 5.10. The van der Waals surface area contributed by atoms with E-state index in [4.69, 9.17) is 4.74 Å². The fourth-order valence-corrected chi connectivity index (χ4v) is 2.52. The Morgan fingerprint density at radius 2 is 1.96 bits per heavy atom. The van der Waals surface area contributed by atoms with Gasteiger partial charge >= 0.3 is 0 Å². The molecule has 0 aliphatic carbocycles. The predicted molar refractivity (Wildman–Crippen MR) is 105 cm³/mol. The van der Waals surface area contributed by atoms with Gasteiger partial charge in [-0.05, 0) is 36.2 Å². The van der Waals surface area contributed by atoms with E-state index >= 15 is 0 Å². The van der Waals surface area contributed by atoms with Crippen molar-refractivity contribution >= 4 is 28.7 Å². The molecule has 8 nitrogen and oxygen atoms in total. The molecule has 0 spiro atoms. The number of ether oxygens (including phenoxy) is 1. The van der Waals surface area contributed by atoms with E-state index in [1.165, 1.54) is 18.3 Å². The Bertz CT molecular complexity index is 997. The number of pyridine rings is 1. The summed E-state index contributed by atoms with van der Waals surface area (Å²) in [5.74, 6) is 0.451. The van der Waals surface area contributed by atoms with Crippen LogP contribution in [0.15, 0.2) is 65.9 Å². The first-order valence-corrected chi connectivity index (χ1v) is 8.66. The van der Waals surface area contributed by atoms with Gasteiger partial charge in [-0.3, -0.25) is 19.9 Å². The summed E-state index contributed by atoms with van der Waals surface area (Å²) in [6, 6.07) is 15.4. The predicted octanol–water partition coefficient (Wildman–Crippen LogP) is 3.45. The number of carbonyl (C=O) groups excluding carboxylic acids is 1. The number of non-ortho nitro benzene ring substituents is 1. The van der Waals surface area contributed by atoms with E-state index in [0.29, 0.717) is 24.3 Å². The minimum atomic E-state index is -0.473. The Balaban J connectivity index is 1.41. The van der Waals surface area contributed by atoms with Crippen molar-refractivity contribution in [3.05, 3.63) is 76.5 Å². The summed E-state index contributed by atoms with van der Waals surface area (Å²) in [6.45, 7) is 0.384. The van der Waals surface area contributed by atoms with Gasteiger partial charge in [0.2, 0.25) is 5.91 Å². The van der Waals surface area contributed by atoms with Crippen LogP contribution in [0.1, 0.15) is 18.4 Å². The maximum Gasteiger partial charge on any atom is 0.269 e. The third-order valence-corrected chi connectivity index (χ3v) is 3.91. The topological polar surface area (TPSA) is 107 Å². The number of carbonyl (C=O) groups is 1. The molecule has 1 aromatic heterocycles. The average Bonchev–Trinajstić information content (AvgIpc) is 2.71. The van der Waals surface area contributed by atoms with E-state index in [2.05, 4.69) is 15.5 Å². The molecule has 0 atom stereocenters. The number of benzene rings is 2. The maximum absolute atomic E-state index is 11.8. The van der Waals surface area contributed by atoms with E-state index in [1.54, 1.807) is 18.3 Å². The Labute approximate surface area is 161 Å². The molecule has 0 unspecified atom stereocenters. The molecule has 3 aromatic rings. The lowest BCUT2D eigenvalue weighted by Gasteiger charge is -2.08. The molecule has 0 saturated heterocycles. The molecular weight excluding hydrogens is 360 g/mol. The molecule has 142 valence electrons. The first-order chi connectivity index (χ1) is 13.6. The van der Waals surface area contributed by atoms with Gasteiger partial charge in [0, 0.05) is 30.1 Å². The van der Waals surface area contributed by atoms with Crippen molar-refractivity contribution in [2.24, 2.45) is 5.10 Å². The molecule has 0 saturated carbocycles. The SMILES string of the molecule is O=C(CCCOc1cccc2cccnc12)N/N=C/c1ccc([N+](=O)[O-])cc1. The molecule has 3 rings (SSSR count). The van der Waals surface area contributed by atoms with E-state index in [9.17, 15) is 14.9 Å². The number of aromatic nitrogens is 1. The zero-order valence-corrected chi connectivity index (χ0v) is 14.9. The van der Waals surface area contributed by atoms with Gasteiger partial charge in [-0.2, -0.15) is 5.10 Å². The van der Waals surface area contributed by atoms with Crippen LogP contribution in [0.2, 0.25) is 0 Å². The molecule has 1 N–H and O–H groups in total. The molecule has 1 heterocycles. The van der Waals surface area contributed by atoms with Gasteiger partial charge in [-0.15, -0.1) is 0 Å². The first kappa shape index (κ1) is 19.0. The van der Waals surface area contributed by atoms with Crippen molar-refractivity contribution in [1.29, 1.82) is 0 Å². The van der Waals surface area contributed by atoms with Crippen LogP contribution >= 0.6 is 0 Å². The van der Waals surface area contributed by atoms with Gasteiger partial charge in [0.1, 0.15) is 11.3 Å². The number of hydrogen-bond donors (Lipinski definition) is 1. The van der Waals surface area contributed by atoms with Crippen LogP contribution in [0, 0.1) is 10.1 Å². The van der Waals surface area contributed by atoms with E-state index < -0.39 is 4.92 Å². The minimum Gasteiger partial charge on any atom is -0.491 e. The average molecular weight is 378 g/mol. The van der Waals surface area contributed by atoms with Gasteiger partial charge < -0.3 is 4.74 Å². The van der Waals surface area contributed by atoms with Crippen molar-refractivity contribution in [3.63, 3.8) is 0 Å². The van der Waals surface area contributed by atoms with Crippen molar-refractivity contribution in [2.75, 3.05) is 6.61 Å². The van der Waals surface area contributed by atoms with Crippen LogP contribution in [0.3, 0.4) is 0 Å². The normalized spacial score (nSPS) is 10.9. The lowest BCUT2D eigenvalue weighted by Crippen LogP contribution is -2.18. The molecule has 28 heavy (non-hydrogen) atoms. The molecule has 0 aliphatic rings. The highest BCUT2D eigenvalue weighted by molar-refractivity contribution is 5.84. The summed E-state index contributed by atoms with van der Waals surface area (Å²) in [6.07, 6.45) is 3.93. The zero-order valence-electron chi connectivity index (χ0n) is 14.9. The molecule has 0 radical (unpaired) electrons. The van der Waals surface area contributed by atoms with Gasteiger partial charge in [0.05, 0.1) is 17.7 Å². The fourth-order valence-electron chi connectivity index (χ4n) is 2.52. The summed E-state index contributed by atoms with van der Waals surface area (Å²) in [7, 11) is 0. The standard InChI is InChI=1S/C20H18N4O4/c25-19(23-22-14-15-8-10-17(11-9-15)24(26)27)7-3-13-28-18-6-1-4-16-5-2-12-21-20(16)18/h1-2,4-6,8-12,14H,3,7,13H2,(H,23,25)/b22-14+. The summed E-state index contributed by atoms with van der Waals surface area (Å²) in [5.41, 5.74) is 3.87. The Morgan fingerprint density at radius 3 is 2.75 bits per heavy atom. The number of hydrazone groups is 1. The highest BCUT2D eigenvalue weighted by Crippen LogP contribution is 2.23. The van der Waals surface area contributed by atoms with E-state index in [1.807, 2.05) is 30.3 Å². The second-order valence-corrected chi connectivity index (χ2v) is 5.93. The molecule has 8 heteroatoms. The van der Waals surface area contributed by atoms with Crippen molar-refractivity contribution in [2.45, 2.75) is 12.8 Å². The third-order valence-electron chi connectivity index (χ3n) is 3.91. The number of rotatable bonds is 8. The van der Waals surface area contributed by atoms with Crippen molar-refractivity contribution in [3.8, 4) is 5.75 Å². The highest BCUT2D eigenvalue weighted by atomic mass is 16.6. The first-order valence-electron chi connectivity index (χ1n) is 8.66. The summed E-state index contributed by atoms with van der Waals surface area (Å²) in [4.78, 5) is 26.3. The van der Waals surface area contributed by atoms with Crippen LogP contribution < -0.4 is 10.2 Å². The lowest BCUT2D eigenvalue weighted by atomic mass is 10.2. The molecule has 0 aliphatic heterocycles. The van der Waals surface area contributed by atoms with Crippen molar-refractivity contribution in [1.82, 2.24) is 10.4 Å². The monoisotopic (exact) mass is 378 g/mol. The zero-order chi connectivity index (χ0) is 19.8. The van der Waals surface area contributed by atoms with Crippen LogP contribution in [-0.2, 0) is 4.79 Å². The van der Waals surface area contributed by atoms with E-state index in [-0.39, 0.29) is 18.0 Å². The number of nitrogens with zero attached hydrogens (tertiary/aromatic N) is 3. The van der Waals surface area contributed by atoms with Crippen LogP contribution in [0.4, 0.5) is 5.69 Å². The van der Waals surface area contributed by atoms with Crippen LogP contribution in [0.25, 0.3) is 10.9 Å². The van der Waals surface area contributed by atoms with E-state index in [0.717, 1.165) is 10.9 Å². The van der Waals surface area contributed by atoms with Crippen LogP contribution in [-0.4, -0.2) is 28.6 Å². The Morgan fingerprint density at radius 1 is 1.18 bits per heavy atom. The number of nitro benzene ring substituents is 1. The number of fused-ring (bicyclic) bond motifs is 1. The molecular formula is C20H18N4O4. The van der Waals surface area contributed by atoms with Gasteiger partial charge in [0.15, 0.2) is 0 Å². The van der Waals surface area contributed by atoms with Gasteiger partial charge in [-0.25, -0.2) is 5.43 Å². The summed E-state index contributed by atoms with van der Waals surface area (Å²) < 4.78 is 5.74. The molecule has 1 amide bonds. The maximum atomic E-state index is 11.8. The summed E-state index contributed by atoms with van der Waals surface area (Å²) >= 11 is 0. The molecule has 0 fully saturated rings. The minimum absolute atomic E-state index is 0.00239. The second kappa shape index (κ2) is 9.22. The highest BCUT2D eigenvalue weighted by Gasteiger charge is 2.05. The second-order valence-electron chi connectivity index (χ2n) is 5.93. The quantitative estimate of drug-likeness (QED) is 0.280. The number of hydrogen-bond acceptors (Lipinski definition) is 6. The van der Waals surface area contributed by atoms with Gasteiger partial charge in [0.25, 0.3) is 5.69 Å². The number of amides is 1. The lowest BCUT2D eigenvalue weighted by molar-refractivity contribution is -0.384. The fraction of sp³-hybridized carbons (Fsp3) is 0.150.